The van der Waals surface area contributed by atoms with Crippen molar-refractivity contribution in [2.45, 2.75) is 31.7 Å². The van der Waals surface area contributed by atoms with Gasteiger partial charge in [-0.2, -0.15) is 4.98 Å². The molecule has 3 atom stereocenters. The zero-order chi connectivity index (χ0) is 34.8. The summed E-state index contributed by atoms with van der Waals surface area (Å²) in [5, 5.41) is 2.68. The Balaban J connectivity index is 1.52. The van der Waals surface area contributed by atoms with E-state index in [1.165, 1.54) is 11.0 Å². The van der Waals surface area contributed by atoms with Gasteiger partial charge in [-0.1, -0.05) is 105 Å². The van der Waals surface area contributed by atoms with Gasteiger partial charge in [0.15, 0.2) is 11.2 Å². The number of hydrogen-bond donors (Lipinski definition) is 2. The van der Waals surface area contributed by atoms with E-state index in [-0.39, 0.29) is 35.5 Å². The molecule has 2 N–H and O–H groups in total. The number of imidazole rings is 1. The molecule has 3 heterocycles. The van der Waals surface area contributed by atoms with Crippen LogP contribution in [0.2, 0.25) is 0 Å². The molecule has 2 aromatic heterocycles. The van der Waals surface area contributed by atoms with Crippen LogP contribution in [0.3, 0.4) is 0 Å². The Kier molecular flexibility index (Phi) is 10.2. The van der Waals surface area contributed by atoms with Crippen molar-refractivity contribution in [2.24, 2.45) is 5.92 Å². The first-order valence-corrected chi connectivity index (χ1v) is 18.5. The second-order valence-electron chi connectivity index (χ2n) is 12.4. The molecule has 1 aliphatic heterocycles. The molecular formula is C35H39ClN7O5P. The van der Waals surface area contributed by atoms with Gasteiger partial charge in [-0.05, 0) is 42.0 Å². The van der Waals surface area contributed by atoms with Crippen molar-refractivity contribution < 1.29 is 18.6 Å². The topological polar surface area (TPSA) is 135 Å². The average molecular weight is 704 g/mol. The predicted octanol–water partition coefficient (Wildman–Crippen LogP) is 5.83. The van der Waals surface area contributed by atoms with Gasteiger partial charge in [0.2, 0.25) is 11.9 Å². The molecule has 256 valence electrons. The van der Waals surface area contributed by atoms with E-state index in [2.05, 4.69) is 61.6 Å². The van der Waals surface area contributed by atoms with Gasteiger partial charge in [0.25, 0.3) is 5.56 Å². The van der Waals surface area contributed by atoms with E-state index in [0.717, 1.165) is 16.7 Å². The number of benzene rings is 3. The van der Waals surface area contributed by atoms with Crippen molar-refractivity contribution in [1.82, 2.24) is 29.1 Å². The van der Waals surface area contributed by atoms with E-state index in [9.17, 15) is 14.2 Å². The fourth-order valence-corrected chi connectivity index (χ4v) is 6.92. The molecule has 1 unspecified atom stereocenters. The first-order chi connectivity index (χ1) is 23.5. The maximum Gasteiger partial charge on any atom is 0.362 e. The number of carbonyl (C=O) groups is 1. The number of aromatic amines is 1. The van der Waals surface area contributed by atoms with Gasteiger partial charge in [-0.25, -0.2) is 9.65 Å². The van der Waals surface area contributed by atoms with Crippen molar-refractivity contribution in [3.05, 3.63) is 124 Å². The molecular weight excluding hydrogens is 665 g/mol. The molecule has 0 spiro atoms. The summed E-state index contributed by atoms with van der Waals surface area (Å²) in [4.78, 5) is 39.5. The molecule has 1 fully saturated rings. The number of halogens is 1. The number of aromatic nitrogens is 4. The molecule has 0 saturated carbocycles. The Morgan fingerprint density at radius 2 is 1.57 bits per heavy atom. The molecule has 1 amide bonds. The number of nitrogens with zero attached hydrogens (tertiary/aromatic N) is 5. The maximum absolute atomic E-state index is 13.1. The largest absolute Gasteiger partial charge is 0.362 e. The lowest BCUT2D eigenvalue weighted by molar-refractivity contribution is -0.145. The first kappa shape index (κ1) is 34.7. The lowest BCUT2D eigenvalue weighted by atomic mass is 9.75. The quantitative estimate of drug-likeness (QED) is 0.129. The van der Waals surface area contributed by atoms with E-state index < -0.39 is 30.3 Å². The number of rotatable bonds is 11. The summed E-state index contributed by atoms with van der Waals surface area (Å²) < 4.78 is 28.6. The number of amides is 1. The third-order valence-corrected chi connectivity index (χ3v) is 11.2. The van der Waals surface area contributed by atoms with Crippen molar-refractivity contribution in [3.8, 4) is 0 Å². The summed E-state index contributed by atoms with van der Waals surface area (Å²) in [6.07, 6.45) is 0.120. The number of nitrogens with one attached hydrogen (secondary N) is 2. The van der Waals surface area contributed by atoms with Crippen LogP contribution in [-0.4, -0.2) is 74.9 Å². The van der Waals surface area contributed by atoms with Gasteiger partial charge in [0.1, 0.15) is 6.23 Å². The van der Waals surface area contributed by atoms with Gasteiger partial charge in [-0.3, -0.25) is 33.9 Å². The Hall–Kier alpha value is -4.16. The van der Waals surface area contributed by atoms with Gasteiger partial charge in [-0.15, -0.1) is 0 Å². The van der Waals surface area contributed by atoms with Crippen LogP contribution in [0, 0.1) is 5.92 Å². The zero-order valence-corrected chi connectivity index (χ0v) is 29.3. The molecule has 0 radical (unpaired) electrons. The van der Waals surface area contributed by atoms with Crippen LogP contribution in [0.5, 0.6) is 0 Å². The number of fused-ring (bicyclic) bond motifs is 1. The molecule has 1 saturated heterocycles. The summed E-state index contributed by atoms with van der Waals surface area (Å²) in [6.45, 7) is 0.450. The number of anilines is 1. The molecule has 12 nitrogen and oxygen atoms in total. The van der Waals surface area contributed by atoms with Gasteiger partial charge in [0.05, 0.1) is 24.6 Å². The Morgan fingerprint density at radius 1 is 1.02 bits per heavy atom. The molecule has 0 aliphatic carbocycles. The van der Waals surface area contributed by atoms with Crippen LogP contribution >= 0.6 is 18.1 Å². The molecule has 1 aliphatic rings. The Morgan fingerprint density at radius 3 is 2.08 bits per heavy atom. The second-order valence-corrected chi connectivity index (χ2v) is 15.6. The van der Waals surface area contributed by atoms with Crippen LogP contribution in [0.4, 0.5) is 5.95 Å². The van der Waals surface area contributed by atoms with Crippen LogP contribution in [0.15, 0.2) is 102 Å². The van der Waals surface area contributed by atoms with E-state index in [1.54, 1.807) is 32.5 Å². The standard InChI is InChI=1S/C35H39ClN7O5P/c1-24(2)32(44)39-34-38-31-30(33(45)40-34)37-23-43(31)29-21-42(20-28(48-29)22-47-49(36,46)41(3)4)35(25-14-8-5-9-15-25,26-16-10-6-11-17-26)27-18-12-7-13-19-27/h5-19,23-24,28-29H,20-22H2,1-4H3,(H2,38,39,40,44,45)/t28-,29?,49-/m0/s1. The lowest BCUT2D eigenvalue weighted by Crippen LogP contribution is -2.57. The van der Waals surface area contributed by atoms with Gasteiger partial charge in [0, 0.05) is 19.0 Å². The summed E-state index contributed by atoms with van der Waals surface area (Å²) in [5.74, 6) is -0.619. The lowest BCUT2D eigenvalue weighted by Gasteiger charge is -2.50. The molecule has 6 rings (SSSR count). The number of ether oxygens (including phenoxy) is 1. The number of hydrogen-bond acceptors (Lipinski definition) is 8. The first-order valence-electron chi connectivity index (χ1n) is 16.0. The smallest absolute Gasteiger partial charge is 0.350 e. The van der Waals surface area contributed by atoms with Crippen molar-refractivity contribution in [3.63, 3.8) is 0 Å². The van der Waals surface area contributed by atoms with Crippen molar-refractivity contribution >= 4 is 41.1 Å². The van der Waals surface area contributed by atoms with Crippen molar-refractivity contribution in [1.29, 1.82) is 0 Å². The SMILES string of the molecule is CC(C)C(=O)Nc1nc2c(ncn2C2CN(C(c3ccccc3)(c3ccccc3)c3ccccc3)C[C@@H](CO[P@@](=O)(Cl)N(C)C)O2)c(=O)[nH]1. The fourth-order valence-electron chi connectivity index (χ4n) is 6.17. The van der Waals surface area contributed by atoms with E-state index in [0.29, 0.717) is 13.1 Å². The minimum absolute atomic E-state index is 0.00626. The third kappa shape index (κ3) is 6.98. The highest BCUT2D eigenvalue weighted by molar-refractivity contribution is 7.83. The highest BCUT2D eigenvalue weighted by Gasteiger charge is 2.47. The molecule has 3 aromatic carbocycles. The molecule has 0 bridgehead atoms. The minimum atomic E-state index is -3.63. The Labute approximate surface area is 289 Å². The maximum atomic E-state index is 13.1. The van der Waals surface area contributed by atoms with Crippen LogP contribution < -0.4 is 10.9 Å². The number of morpholine rings is 1. The average Bonchev–Trinajstić information content (AvgIpc) is 3.54. The van der Waals surface area contributed by atoms with E-state index in [4.69, 9.17) is 20.5 Å². The minimum Gasteiger partial charge on any atom is -0.350 e. The van der Waals surface area contributed by atoms with Crippen LogP contribution in [0.25, 0.3) is 11.2 Å². The van der Waals surface area contributed by atoms with E-state index >= 15 is 0 Å². The normalized spacial score (nSPS) is 18.5. The molecule has 49 heavy (non-hydrogen) atoms. The van der Waals surface area contributed by atoms with Crippen molar-refractivity contribution in [2.75, 3.05) is 39.1 Å². The van der Waals surface area contributed by atoms with Gasteiger partial charge >= 0.3 is 6.87 Å². The summed E-state index contributed by atoms with van der Waals surface area (Å²) in [5.41, 5.74) is 2.06. The molecule has 14 heteroatoms. The monoisotopic (exact) mass is 703 g/mol. The third-order valence-electron chi connectivity index (χ3n) is 8.61. The summed E-state index contributed by atoms with van der Waals surface area (Å²) in [7, 11) is 3.18. The summed E-state index contributed by atoms with van der Waals surface area (Å²) in [6, 6.07) is 30.7. The number of H-pyrrole nitrogens is 1. The predicted molar refractivity (Wildman–Crippen MR) is 189 cm³/mol. The number of carbonyl (C=O) groups excluding carboxylic acids is 1. The second kappa shape index (κ2) is 14.4. The highest BCUT2D eigenvalue weighted by atomic mass is 35.7. The van der Waals surface area contributed by atoms with E-state index in [1.807, 2.05) is 54.6 Å². The summed E-state index contributed by atoms with van der Waals surface area (Å²) >= 11 is 6.31. The fraction of sp³-hybridized carbons (Fsp3) is 0.314. The van der Waals surface area contributed by atoms with Crippen LogP contribution in [-0.2, 0) is 24.2 Å². The Bertz CT molecular complexity index is 1910. The zero-order valence-electron chi connectivity index (χ0n) is 27.7. The highest BCUT2D eigenvalue weighted by Crippen LogP contribution is 2.54. The van der Waals surface area contributed by atoms with Gasteiger partial charge < -0.3 is 9.26 Å². The molecule has 5 aromatic rings. The van der Waals surface area contributed by atoms with Crippen LogP contribution in [0.1, 0.15) is 36.8 Å².